The number of ether oxygens (including phenoxy) is 1. The van der Waals surface area contributed by atoms with Crippen molar-refractivity contribution in [1.29, 1.82) is 0 Å². The summed E-state index contributed by atoms with van der Waals surface area (Å²) in [6.45, 7) is 0.779. The normalized spacial score (nSPS) is 13.2. The van der Waals surface area contributed by atoms with Crippen LogP contribution in [-0.4, -0.2) is 24.4 Å². The van der Waals surface area contributed by atoms with Crippen LogP contribution in [0.15, 0.2) is 0 Å². The van der Waals surface area contributed by atoms with Gasteiger partial charge in [-0.3, -0.25) is 10.1 Å². The Balaban J connectivity index is 4.37. The van der Waals surface area contributed by atoms with Crippen molar-refractivity contribution in [1.82, 2.24) is 5.32 Å². The molecule has 0 aromatic carbocycles. The molecular formula is C5H7F3N2O3. The average Bonchev–Trinajstić information content (AvgIpc) is 1.81. The highest BCUT2D eigenvalue weighted by Crippen LogP contribution is 2.20. The molecule has 0 heterocycles. The first-order valence-electron chi connectivity index (χ1n) is 3.03. The molecule has 13 heavy (non-hydrogen) atoms. The van der Waals surface area contributed by atoms with E-state index in [9.17, 15) is 22.8 Å². The van der Waals surface area contributed by atoms with Crippen LogP contribution in [0.3, 0.4) is 0 Å². The maximum atomic E-state index is 11.9. The summed E-state index contributed by atoms with van der Waals surface area (Å²) >= 11 is 0. The Morgan fingerprint density at radius 1 is 1.46 bits per heavy atom. The predicted molar refractivity (Wildman–Crippen MR) is 34.3 cm³/mol. The standard InChI is InChI=1S/C5H7F3N2O3/c1-2(11)13-3(5(6,7)8)10-4(9)12/h3H,1H3,(H3,9,10,12). The van der Waals surface area contributed by atoms with E-state index >= 15 is 0 Å². The Hall–Kier alpha value is -1.47. The number of primary amides is 1. The van der Waals surface area contributed by atoms with Crippen LogP contribution in [-0.2, 0) is 9.53 Å². The van der Waals surface area contributed by atoms with Gasteiger partial charge in [0.2, 0.25) is 0 Å². The van der Waals surface area contributed by atoms with E-state index in [2.05, 4.69) is 10.5 Å². The molecule has 0 fully saturated rings. The molecule has 0 aliphatic heterocycles. The first kappa shape index (κ1) is 11.5. The summed E-state index contributed by atoms with van der Waals surface area (Å²) in [5, 5.41) is 1.22. The molecule has 8 heteroatoms. The molecule has 1 unspecified atom stereocenters. The molecule has 0 radical (unpaired) electrons. The SMILES string of the molecule is CC(=O)OC(NC(N)=O)C(F)(F)F. The summed E-state index contributed by atoms with van der Waals surface area (Å²) < 4.78 is 39.4. The topological polar surface area (TPSA) is 81.4 Å². The zero-order valence-electron chi connectivity index (χ0n) is 6.51. The number of halogens is 3. The lowest BCUT2D eigenvalue weighted by Crippen LogP contribution is -2.49. The average molecular weight is 200 g/mol. The molecule has 0 aliphatic carbocycles. The lowest BCUT2D eigenvalue weighted by Gasteiger charge is -2.19. The van der Waals surface area contributed by atoms with Gasteiger partial charge >= 0.3 is 18.2 Å². The number of hydrogen-bond acceptors (Lipinski definition) is 3. The minimum atomic E-state index is -4.87. The maximum absolute atomic E-state index is 11.9. The van der Waals surface area contributed by atoms with E-state index < -0.39 is 24.4 Å². The fraction of sp³-hybridized carbons (Fsp3) is 0.600. The molecule has 3 N–H and O–H groups in total. The van der Waals surface area contributed by atoms with Crippen LogP contribution in [0, 0.1) is 0 Å². The molecule has 0 saturated heterocycles. The second-order valence-electron chi connectivity index (χ2n) is 2.04. The van der Waals surface area contributed by atoms with Crippen LogP contribution in [0.5, 0.6) is 0 Å². The number of nitrogens with one attached hydrogen (secondary N) is 1. The molecule has 2 amide bonds. The molecule has 0 aliphatic rings. The fourth-order valence-electron chi connectivity index (χ4n) is 0.473. The number of esters is 1. The van der Waals surface area contributed by atoms with Crippen LogP contribution in [0.1, 0.15) is 6.92 Å². The number of carbonyl (C=O) groups is 2. The third-order valence-electron chi connectivity index (χ3n) is 0.854. The molecule has 0 spiro atoms. The molecular weight excluding hydrogens is 193 g/mol. The van der Waals surface area contributed by atoms with Gasteiger partial charge in [0.05, 0.1) is 0 Å². The number of hydrogen-bond donors (Lipinski definition) is 2. The van der Waals surface area contributed by atoms with Crippen LogP contribution in [0.2, 0.25) is 0 Å². The molecule has 5 nitrogen and oxygen atoms in total. The molecule has 0 bridgehead atoms. The highest BCUT2D eigenvalue weighted by molar-refractivity contribution is 5.72. The second kappa shape index (κ2) is 3.97. The summed E-state index contributed by atoms with van der Waals surface area (Å²) in [6, 6.07) is -1.43. The summed E-state index contributed by atoms with van der Waals surface area (Å²) in [4.78, 5) is 20.2. The predicted octanol–water partition coefficient (Wildman–Crippen LogP) is 0.106. The lowest BCUT2D eigenvalue weighted by molar-refractivity contribution is -0.224. The summed E-state index contributed by atoms with van der Waals surface area (Å²) in [5.41, 5.74) is 4.42. The third kappa shape index (κ3) is 4.88. The molecule has 0 aromatic rings. The van der Waals surface area contributed by atoms with Crippen molar-refractivity contribution in [3.05, 3.63) is 0 Å². The molecule has 0 saturated carbocycles. The minimum Gasteiger partial charge on any atom is -0.432 e. The van der Waals surface area contributed by atoms with E-state index in [1.54, 1.807) is 0 Å². The number of nitrogens with two attached hydrogens (primary N) is 1. The Kier molecular flexibility index (Phi) is 3.52. The third-order valence-corrected chi connectivity index (χ3v) is 0.854. The van der Waals surface area contributed by atoms with E-state index in [0.717, 1.165) is 6.92 Å². The van der Waals surface area contributed by atoms with Gasteiger partial charge in [-0.1, -0.05) is 0 Å². The summed E-state index contributed by atoms with van der Waals surface area (Å²) in [6.07, 6.45) is -7.57. The molecule has 0 rings (SSSR count). The number of urea groups is 1. The van der Waals surface area contributed by atoms with E-state index in [-0.39, 0.29) is 0 Å². The van der Waals surface area contributed by atoms with E-state index in [1.165, 1.54) is 5.32 Å². The fourth-order valence-corrected chi connectivity index (χ4v) is 0.473. The number of rotatable bonds is 2. The Morgan fingerprint density at radius 3 is 2.15 bits per heavy atom. The number of alkyl halides is 3. The summed E-state index contributed by atoms with van der Waals surface area (Å²) in [7, 11) is 0. The summed E-state index contributed by atoms with van der Waals surface area (Å²) in [5.74, 6) is -1.17. The quantitative estimate of drug-likeness (QED) is 0.490. The van der Waals surface area contributed by atoms with Gasteiger partial charge in [0.15, 0.2) is 0 Å². The van der Waals surface area contributed by atoms with Gasteiger partial charge in [0, 0.05) is 6.92 Å². The van der Waals surface area contributed by atoms with Crippen LogP contribution in [0.4, 0.5) is 18.0 Å². The Morgan fingerprint density at radius 2 is 1.92 bits per heavy atom. The van der Waals surface area contributed by atoms with Crippen molar-refractivity contribution >= 4 is 12.0 Å². The van der Waals surface area contributed by atoms with Crippen LogP contribution in [0.25, 0.3) is 0 Å². The first-order valence-corrected chi connectivity index (χ1v) is 3.03. The van der Waals surface area contributed by atoms with Gasteiger partial charge in [-0.25, -0.2) is 4.79 Å². The lowest BCUT2D eigenvalue weighted by atomic mass is 10.5. The number of amides is 2. The van der Waals surface area contributed by atoms with Gasteiger partial charge < -0.3 is 10.5 Å². The van der Waals surface area contributed by atoms with E-state index in [1.807, 2.05) is 0 Å². The van der Waals surface area contributed by atoms with Crippen LogP contribution < -0.4 is 11.1 Å². The highest BCUT2D eigenvalue weighted by atomic mass is 19.4. The zero-order chi connectivity index (χ0) is 10.6. The van der Waals surface area contributed by atoms with Crippen LogP contribution >= 0.6 is 0 Å². The largest absolute Gasteiger partial charge is 0.445 e. The van der Waals surface area contributed by atoms with Crippen molar-refractivity contribution in [2.45, 2.75) is 19.3 Å². The molecule has 0 aromatic heterocycles. The molecule has 1 atom stereocenters. The van der Waals surface area contributed by atoms with Crippen molar-refractivity contribution < 1.29 is 27.5 Å². The Labute approximate surface area is 71.0 Å². The van der Waals surface area contributed by atoms with Gasteiger partial charge in [0.25, 0.3) is 6.23 Å². The van der Waals surface area contributed by atoms with Crippen molar-refractivity contribution in [2.75, 3.05) is 0 Å². The first-order chi connectivity index (χ1) is 5.73. The van der Waals surface area contributed by atoms with Crippen molar-refractivity contribution in [3.8, 4) is 0 Å². The smallest absolute Gasteiger partial charge is 0.432 e. The van der Waals surface area contributed by atoms with Gasteiger partial charge in [-0.15, -0.1) is 0 Å². The second-order valence-corrected chi connectivity index (χ2v) is 2.04. The van der Waals surface area contributed by atoms with Crippen molar-refractivity contribution in [2.24, 2.45) is 5.73 Å². The van der Waals surface area contributed by atoms with Gasteiger partial charge in [0.1, 0.15) is 0 Å². The Bertz CT molecular complexity index is 200. The minimum absolute atomic E-state index is 0.779. The highest BCUT2D eigenvalue weighted by Gasteiger charge is 2.43. The maximum Gasteiger partial charge on any atom is 0.445 e. The zero-order valence-corrected chi connectivity index (χ0v) is 6.51. The van der Waals surface area contributed by atoms with Gasteiger partial charge in [-0.05, 0) is 0 Å². The molecule has 76 valence electrons. The monoisotopic (exact) mass is 200 g/mol. The number of carbonyl (C=O) groups excluding carboxylic acids is 2. The van der Waals surface area contributed by atoms with E-state index in [0.29, 0.717) is 0 Å². The van der Waals surface area contributed by atoms with Gasteiger partial charge in [-0.2, -0.15) is 13.2 Å². The van der Waals surface area contributed by atoms with Crippen molar-refractivity contribution in [3.63, 3.8) is 0 Å². The van der Waals surface area contributed by atoms with E-state index in [4.69, 9.17) is 0 Å².